The highest BCUT2D eigenvalue weighted by Gasteiger charge is 2.13. The average Bonchev–Trinajstić information content (AvgIpc) is 2.35. The molecule has 0 fully saturated rings. The van der Waals surface area contributed by atoms with Gasteiger partial charge in [-0.05, 0) is 42.9 Å². The fraction of sp³-hybridized carbons (Fsp3) is 0.533. The fourth-order valence-corrected chi connectivity index (χ4v) is 2.14. The third-order valence-corrected chi connectivity index (χ3v) is 3.00. The van der Waals surface area contributed by atoms with Gasteiger partial charge in [-0.2, -0.15) is 0 Å². The smallest absolute Gasteiger partial charge is 0.251 e. The van der Waals surface area contributed by atoms with Crippen molar-refractivity contribution >= 4 is 5.91 Å². The highest BCUT2D eigenvalue weighted by Crippen LogP contribution is 2.15. The van der Waals surface area contributed by atoms with Crippen LogP contribution < -0.4 is 5.32 Å². The summed E-state index contributed by atoms with van der Waals surface area (Å²) in [5.41, 5.74) is 0.451. The van der Waals surface area contributed by atoms with Crippen LogP contribution in [0.4, 0.5) is 0 Å². The Kier molecular flexibility index (Phi) is 6.36. The van der Waals surface area contributed by atoms with E-state index < -0.39 is 0 Å². The van der Waals surface area contributed by atoms with Crippen LogP contribution in [0.2, 0.25) is 0 Å². The zero-order valence-corrected chi connectivity index (χ0v) is 11.6. The monoisotopic (exact) mass is 265 g/mol. The van der Waals surface area contributed by atoms with Crippen molar-refractivity contribution in [1.82, 2.24) is 5.32 Å². The molecule has 0 aromatic heterocycles. The summed E-state index contributed by atoms with van der Waals surface area (Å²) in [4.78, 5) is 11.9. The van der Waals surface area contributed by atoms with Crippen LogP contribution in [0.25, 0.3) is 0 Å². The maximum absolute atomic E-state index is 11.9. The Hall–Kier alpha value is -1.55. The number of hydrogen-bond donors (Lipinski definition) is 3. The molecule has 1 rings (SSSR count). The second kappa shape index (κ2) is 7.79. The molecule has 4 heteroatoms. The van der Waals surface area contributed by atoms with E-state index in [1.54, 1.807) is 12.1 Å². The van der Waals surface area contributed by atoms with E-state index in [0.717, 1.165) is 6.42 Å². The first kappa shape index (κ1) is 15.5. The molecule has 0 aliphatic rings. The molecule has 0 aliphatic heterocycles. The third-order valence-electron chi connectivity index (χ3n) is 3.00. The van der Waals surface area contributed by atoms with E-state index in [9.17, 15) is 9.90 Å². The average molecular weight is 265 g/mol. The molecular formula is C15H23NO3. The SMILES string of the molecule is CC(C)CC(CCO)CNC(=O)c1cccc(O)c1. The number of aromatic hydroxyl groups is 1. The number of nitrogens with one attached hydrogen (secondary N) is 1. The number of phenolic OH excluding ortho intramolecular Hbond substituents is 1. The zero-order chi connectivity index (χ0) is 14.3. The second-order valence-corrected chi connectivity index (χ2v) is 5.27. The van der Waals surface area contributed by atoms with Crippen LogP contribution in [0.1, 0.15) is 37.0 Å². The van der Waals surface area contributed by atoms with Crippen molar-refractivity contribution in [2.75, 3.05) is 13.2 Å². The summed E-state index contributed by atoms with van der Waals surface area (Å²) in [5, 5.41) is 21.2. The minimum atomic E-state index is -0.192. The highest BCUT2D eigenvalue weighted by atomic mass is 16.3. The summed E-state index contributed by atoms with van der Waals surface area (Å²) in [6.45, 7) is 4.94. The number of amides is 1. The van der Waals surface area contributed by atoms with E-state index in [0.29, 0.717) is 24.4 Å². The fourth-order valence-electron chi connectivity index (χ4n) is 2.14. The standard InChI is InChI=1S/C15H23NO3/c1-11(2)8-12(6-7-17)10-16-15(19)13-4-3-5-14(18)9-13/h3-5,9,11-12,17-18H,6-8,10H2,1-2H3,(H,16,19). The third kappa shape index (κ3) is 5.75. The Bertz CT molecular complexity index is 404. The number of benzene rings is 1. The molecule has 1 atom stereocenters. The van der Waals surface area contributed by atoms with Crippen molar-refractivity contribution in [2.24, 2.45) is 11.8 Å². The summed E-state index contributed by atoms with van der Waals surface area (Å²) in [5.74, 6) is 0.713. The van der Waals surface area contributed by atoms with Gasteiger partial charge in [0.05, 0.1) is 0 Å². The zero-order valence-electron chi connectivity index (χ0n) is 11.6. The molecule has 106 valence electrons. The number of aliphatic hydroxyl groups excluding tert-OH is 1. The van der Waals surface area contributed by atoms with Crippen molar-refractivity contribution in [3.8, 4) is 5.75 Å². The van der Waals surface area contributed by atoms with E-state index in [1.165, 1.54) is 12.1 Å². The molecule has 0 saturated heterocycles. The topological polar surface area (TPSA) is 69.6 Å². The first-order valence-electron chi connectivity index (χ1n) is 6.71. The van der Waals surface area contributed by atoms with Crippen LogP contribution >= 0.6 is 0 Å². The summed E-state index contributed by atoms with van der Waals surface area (Å²) in [6, 6.07) is 6.28. The van der Waals surface area contributed by atoms with Crippen molar-refractivity contribution in [3.63, 3.8) is 0 Å². The number of aliphatic hydroxyl groups is 1. The van der Waals surface area contributed by atoms with Crippen LogP contribution in [-0.2, 0) is 0 Å². The Morgan fingerprint density at radius 3 is 2.68 bits per heavy atom. The van der Waals surface area contributed by atoms with Crippen LogP contribution in [0.5, 0.6) is 5.75 Å². The normalized spacial score (nSPS) is 12.4. The van der Waals surface area contributed by atoms with Gasteiger partial charge in [-0.25, -0.2) is 0 Å². The van der Waals surface area contributed by atoms with Crippen molar-refractivity contribution < 1.29 is 15.0 Å². The van der Waals surface area contributed by atoms with Crippen LogP contribution in [0.15, 0.2) is 24.3 Å². The first-order chi connectivity index (χ1) is 9.02. The molecule has 1 unspecified atom stereocenters. The quantitative estimate of drug-likeness (QED) is 0.707. The number of carbonyl (C=O) groups is 1. The lowest BCUT2D eigenvalue weighted by molar-refractivity contribution is 0.0941. The van der Waals surface area contributed by atoms with Gasteiger partial charge < -0.3 is 15.5 Å². The predicted octanol–water partition coefficient (Wildman–Crippen LogP) is 2.17. The Morgan fingerprint density at radius 2 is 2.11 bits per heavy atom. The second-order valence-electron chi connectivity index (χ2n) is 5.27. The number of rotatable bonds is 7. The van der Waals surface area contributed by atoms with Gasteiger partial charge in [-0.1, -0.05) is 19.9 Å². The van der Waals surface area contributed by atoms with Gasteiger partial charge in [0.25, 0.3) is 5.91 Å². The summed E-state index contributed by atoms with van der Waals surface area (Å²) in [6.07, 6.45) is 1.67. The van der Waals surface area contributed by atoms with E-state index in [2.05, 4.69) is 19.2 Å². The summed E-state index contributed by atoms with van der Waals surface area (Å²) in [7, 11) is 0. The van der Waals surface area contributed by atoms with E-state index in [1.807, 2.05) is 0 Å². The van der Waals surface area contributed by atoms with Gasteiger partial charge >= 0.3 is 0 Å². The van der Waals surface area contributed by atoms with Crippen molar-refractivity contribution in [2.45, 2.75) is 26.7 Å². The molecule has 4 nitrogen and oxygen atoms in total. The maximum Gasteiger partial charge on any atom is 0.251 e. The van der Waals surface area contributed by atoms with Gasteiger partial charge in [0.15, 0.2) is 0 Å². The van der Waals surface area contributed by atoms with Crippen molar-refractivity contribution in [3.05, 3.63) is 29.8 Å². The van der Waals surface area contributed by atoms with Gasteiger partial charge in [0.1, 0.15) is 5.75 Å². The number of hydrogen-bond acceptors (Lipinski definition) is 3. The molecule has 1 aromatic carbocycles. The molecule has 0 aliphatic carbocycles. The molecule has 1 aromatic rings. The lowest BCUT2D eigenvalue weighted by Gasteiger charge is -2.18. The number of carbonyl (C=O) groups excluding carboxylic acids is 1. The number of phenols is 1. The molecule has 3 N–H and O–H groups in total. The maximum atomic E-state index is 11.9. The first-order valence-corrected chi connectivity index (χ1v) is 6.71. The lowest BCUT2D eigenvalue weighted by atomic mass is 9.94. The Labute approximate surface area is 114 Å². The molecule has 0 saturated carbocycles. The molecule has 0 heterocycles. The molecule has 0 bridgehead atoms. The van der Waals surface area contributed by atoms with Gasteiger partial charge in [-0.15, -0.1) is 0 Å². The Balaban J connectivity index is 2.51. The molecule has 1 amide bonds. The highest BCUT2D eigenvalue weighted by molar-refractivity contribution is 5.94. The molecule has 0 radical (unpaired) electrons. The Morgan fingerprint density at radius 1 is 1.37 bits per heavy atom. The lowest BCUT2D eigenvalue weighted by Crippen LogP contribution is -2.30. The van der Waals surface area contributed by atoms with E-state index >= 15 is 0 Å². The van der Waals surface area contributed by atoms with Crippen LogP contribution in [0.3, 0.4) is 0 Å². The van der Waals surface area contributed by atoms with Gasteiger partial charge in [0.2, 0.25) is 0 Å². The molecule has 0 spiro atoms. The minimum absolute atomic E-state index is 0.0849. The largest absolute Gasteiger partial charge is 0.508 e. The minimum Gasteiger partial charge on any atom is -0.508 e. The van der Waals surface area contributed by atoms with Crippen molar-refractivity contribution in [1.29, 1.82) is 0 Å². The predicted molar refractivity (Wildman–Crippen MR) is 75.1 cm³/mol. The summed E-state index contributed by atoms with van der Waals surface area (Å²) < 4.78 is 0. The van der Waals surface area contributed by atoms with Gasteiger partial charge in [-0.3, -0.25) is 4.79 Å². The van der Waals surface area contributed by atoms with Crippen LogP contribution in [0, 0.1) is 11.8 Å². The molecule has 19 heavy (non-hydrogen) atoms. The molecular weight excluding hydrogens is 242 g/mol. The van der Waals surface area contributed by atoms with E-state index in [4.69, 9.17) is 5.11 Å². The van der Waals surface area contributed by atoms with Crippen LogP contribution in [-0.4, -0.2) is 29.3 Å². The van der Waals surface area contributed by atoms with Gasteiger partial charge in [0, 0.05) is 18.7 Å². The van der Waals surface area contributed by atoms with E-state index in [-0.39, 0.29) is 24.2 Å². The summed E-state index contributed by atoms with van der Waals surface area (Å²) >= 11 is 0.